The Morgan fingerprint density at radius 1 is 1.17 bits per heavy atom. The molecule has 0 bridgehead atoms. The predicted octanol–water partition coefficient (Wildman–Crippen LogP) is 3.59. The van der Waals surface area contributed by atoms with E-state index in [1.165, 1.54) is 4.57 Å². The second kappa shape index (κ2) is 5.88. The SMILES string of the molecule is CC(c1ccccc1)n1cc(C(=O)O)c(=O)c2cc(F)cc(F)c21. The first-order chi connectivity index (χ1) is 11.4. The van der Waals surface area contributed by atoms with Gasteiger partial charge in [0, 0.05) is 12.3 Å². The van der Waals surface area contributed by atoms with Crippen LogP contribution in [0.4, 0.5) is 8.78 Å². The highest BCUT2D eigenvalue weighted by molar-refractivity contribution is 5.92. The molecule has 0 aliphatic carbocycles. The van der Waals surface area contributed by atoms with Crippen LogP contribution in [0.15, 0.2) is 53.5 Å². The molecule has 1 aromatic heterocycles. The molecule has 0 aliphatic heterocycles. The smallest absolute Gasteiger partial charge is 0.341 e. The zero-order valence-corrected chi connectivity index (χ0v) is 12.7. The highest BCUT2D eigenvalue weighted by Gasteiger charge is 2.21. The number of rotatable bonds is 3. The molecule has 0 amide bonds. The Balaban J connectivity index is 2.40. The Morgan fingerprint density at radius 2 is 1.83 bits per heavy atom. The molecule has 0 spiro atoms. The molecule has 122 valence electrons. The fourth-order valence-electron chi connectivity index (χ4n) is 2.76. The number of carboxylic acid groups (broad SMARTS) is 1. The number of benzene rings is 2. The van der Waals surface area contributed by atoms with Crippen molar-refractivity contribution in [3.8, 4) is 0 Å². The molecule has 6 heteroatoms. The lowest BCUT2D eigenvalue weighted by Crippen LogP contribution is -2.21. The van der Waals surface area contributed by atoms with Crippen molar-refractivity contribution in [2.45, 2.75) is 13.0 Å². The normalized spacial score (nSPS) is 12.3. The van der Waals surface area contributed by atoms with Crippen LogP contribution >= 0.6 is 0 Å². The summed E-state index contributed by atoms with van der Waals surface area (Å²) in [5.41, 5.74) is -0.770. The van der Waals surface area contributed by atoms with Gasteiger partial charge in [-0.2, -0.15) is 0 Å². The minimum absolute atomic E-state index is 0.122. The van der Waals surface area contributed by atoms with Crippen LogP contribution in [0, 0.1) is 11.6 Å². The standard InChI is InChI=1S/C18H13F2NO3/c1-10(11-5-3-2-4-6-11)21-9-14(18(23)24)17(22)13-7-12(19)8-15(20)16(13)21/h2-10H,1H3,(H,23,24). The van der Waals surface area contributed by atoms with Gasteiger partial charge in [0.15, 0.2) is 5.82 Å². The molecule has 0 radical (unpaired) electrons. The zero-order valence-electron chi connectivity index (χ0n) is 12.7. The quantitative estimate of drug-likeness (QED) is 0.799. The summed E-state index contributed by atoms with van der Waals surface area (Å²) in [5, 5.41) is 8.94. The van der Waals surface area contributed by atoms with E-state index in [0.717, 1.165) is 17.8 Å². The second-order valence-corrected chi connectivity index (χ2v) is 5.45. The molecule has 1 N–H and O–H groups in total. The van der Waals surface area contributed by atoms with Crippen LogP contribution in [0.25, 0.3) is 10.9 Å². The van der Waals surface area contributed by atoms with E-state index in [0.29, 0.717) is 6.07 Å². The van der Waals surface area contributed by atoms with Crippen LogP contribution in [-0.4, -0.2) is 15.6 Å². The maximum absolute atomic E-state index is 14.3. The Kier molecular flexibility index (Phi) is 3.89. The van der Waals surface area contributed by atoms with Crippen LogP contribution in [0.3, 0.4) is 0 Å². The molecule has 0 saturated heterocycles. The van der Waals surface area contributed by atoms with E-state index in [9.17, 15) is 23.5 Å². The molecule has 0 aliphatic rings. The molecule has 0 fully saturated rings. The molecule has 3 aromatic rings. The summed E-state index contributed by atoms with van der Waals surface area (Å²) in [6, 6.07) is 10.1. The number of hydrogen-bond donors (Lipinski definition) is 1. The highest BCUT2D eigenvalue weighted by atomic mass is 19.1. The fourth-order valence-corrected chi connectivity index (χ4v) is 2.76. The van der Waals surface area contributed by atoms with Crippen molar-refractivity contribution in [3.05, 3.63) is 81.6 Å². The van der Waals surface area contributed by atoms with Crippen molar-refractivity contribution in [1.82, 2.24) is 4.57 Å². The van der Waals surface area contributed by atoms with Crippen molar-refractivity contribution in [3.63, 3.8) is 0 Å². The minimum Gasteiger partial charge on any atom is -0.477 e. The third kappa shape index (κ3) is 2.56. The van der Waals surface area contributed by atoms with E-state index in [4.69, 9.17) is 0 Å². The van der Waals surface area contributed by atoms with E-state index >= 15 is 0 Å². The maximum atomic E-state index is 14.3. The summed E-state index contributed by atoms with van der Waals surface area (Å²) in [5.74, 6) is -3.29. The maximum Gasteiger partial charge on any atom is 0.341 e. The topological polar surface area (TPSA) is 59.3 Å². The summed E-state index contributed by atoms with van der Waals surface area (Å²) < 4.78 is 29.2. The van der Waals surface area contributed by atoms with Crippen molar-refractivity contribution in [2.75, 3.05) is 0 Å². The zero-order chi connectivity index (χ0) is 17.4. The molecule has 3 rings (SSSR count). The first-order valence-corrected chi connectivity index (χ1v) is 7.22. The summed E-state index contributed by atoms with van der Waals surface area (Å²) in [7, 11) is 0. The summed E-state index contributed by atoms with van der Waals surface area (Å²) in [4.78, 5) is 23.6. The summed E-state index contributed by atoms with van der Waals surface area (Å²) >= 11 is 0. The van der Waals surface area contributed by atoms with E-state index in [2.05, 4.69) is 0 Å². The summed E-state index contributed by atoms with van der Waals surface area (Å²) in [6.07, 6.45) is 1.10. The third-order valence-corrected chi connectivity index (χ3v) is 3.97. The minimum atomic E-state index is -1.44. The van der Waals surface area contributed by atoms with Gasteiger partial charge in [0.05, 0.1) is 16.9 Å². The van der Waals surface area contributed by atoms with E-state index in [-0.39, 0.29) is 10.9 Å². The Bertz CT molecular complexity index is 997. The Hall–Kier alpha value is -3.02. The Morgan fingerprint density at radius 3 is 2.46 bits per heavy atom. The molecule has 1 heterocycles. The third-order valence-electron chi connectivity index (χ3n) is 3.97. The van der Waals surface area contributed by atoms with Crippen molar-refractivity contribution in [1.29, 1.82) is 0 Å². The lowest BCUT2D eigenvalue weighted by molar-refractivity contribution is 0.0694. The number of carbonyl (C=O) groups is 1. The molecular weight excluding hydrogens is 316 g/mol. The number of aromatic nitrogens is 1. The van der Waals surface area contributed by atoms with Gasteiger partial charge in [-0.15, -0.1) is 0 Å². The molecule has 0 saturated carbocycles. The molecule has 1 atom stereocenters. The van der Waals surface area contributed by atoms with E-state index in [1.54, 1.807) is 31.2 Å². The van der Waals surface area contributed by atoms with Gasteiger partial charge >= 0.3 is 5.97 Å². The average Bonchev–Trinajstić information content (AvgIpc) is 2.55. The van der Waals surface area contributed by atoms with Gasteiger partial charge in [0.25, 0.3) is 0 Å². The largest absolute Gasteiger partial charge is 0.477 e. The van der Waals surface area contributed by atoms with Gasteiger partial charge in [-0.05, 0) is 18.6 Å². The number of nitrogens with zero attached hydrogens (tertiary/aromatic N) is 1. The fraction of sp³-hybridized carbons (Fsp3) is 0.111. The molecule has 24 heavy (non-hydrogen) atoms. The van der Waals surface area contributed by atoms with Crippen LogP contribution in [0.1, 0.15) is 28.9 Å². The number of aromatic carboxylic acids is 1. The first kappa shape index (κ1) is 15.9. The van der Waals surface area contributed by atoms with Gasteiger partial charge in [-0.25, -0.2) is 13.6 Å². The highest BCUT2D eigenvalue weighted by Crippen LogP contribution is 2.25. The number of carboxylic acids is 1. The van der Waals surface area contributed by atoms with Gasteiger partial charge < -0.3 is 9.67 Å². The molecule has 1 unspecified atom stereocenters. The average molecular weight is 329 g/mol. The van der Waals surface area contributed by atoms with Gasteiger partial charge in [0.2, 0.25) is 5.43 Å². The number of halogens is 2. The van der Waals surface area contributed by atoms with Crippen LogP contribution < -0.4 is 5.43 Å². The van der Waals surface area contributed by atoms with Crippen molar-refractivity contribution >= 4 is 16.9 Å². The molecular formula is C18H13F2NO3. The lowest BCUT2D eigenvalue weighted by atomic mass is 10.1. The monoisotopic (exact) mass is 329 g/mol. The predicted molar refractivity (Wildman–Crippen MR) is 85.3 cm³/mol. The summed E-state index contributed by atoms with van der Waals surface area (Å²) in [6.45, 7) is 1.74. The van der Waals surface area contributed by atoms with Crippen molar-refractivity contribution in [2.24, 2.45) is 0 Å². The van der Waals surface area contributed by atoms with Crippen LogP contribution in [-0.2, 0) is 0 Å². The van der Waals surface area contributed by atoms with Gasteiger partial charge in [0.1, 0.15) is 11.4 Å². The number of hydrogen-bond acceptors (Lipinski definition) is 2. The van der Waals surface area contributed by atoms with Crippen molar-refractivity contribution < 1.29 is 18.7 Å². The second-order valence-electron chi connectivity index (χ2n) is 5.45. The number of fused-ring (bicyclic) bond motifs is 1. The van der Waals surface area contributed by atoms with Gasteiger partial charge in [-0.1, -0.05) is 30.3 Å². The molecule has 2 aromatic carbocycles. The van der Waals surface area contributed by atoms with Gasteiger partial charge in [-0.3, -0.25) is 4.79 Å². The molecule has 4 nitrogen and oxygen atoms in total. The number of pyridine rings is 1. The van der Waals surface area contributed by atoms with Crippen LogP contribution in [0.5, 0.6) is 0 Å². The first-order valence-electron chi connectivity index (χ1n) is 7.22. The van der Waals surface area contributed by atoms with E-state index in [1.807, 2.05) is 6.07 Å². The van der Waals surface area contributed by atoms with E-state index < -0.39 is 34.6 Å². The van der Waals surface area contributed by atoms with Crippen LogP contribution in [0.2, 0.25) is 0 Å². The Labute approximate surface area is 135 Å². The lowest BCUT2D eigenvalue weighted by Gasteiger charge is -2.20.